The van der Waals surface area contributed by atoms with E-state index in [2.05, 4.69) is 41.5 Å². The zero-order chi connectivity index (χ0) is 16.0. The SMILES string of the molecule is COCOCc1ccoc1O[Si](C(C)C)(C(C)C)C(C)C. The van der Waals surface area contributed by atoms with Crippen molar-refractivity contribution < 1.29 is 18.3 Å². The third kappa shape index (κ3) is 4.11. The van der Waals surface area contributed by atoms with Gasteiger partial charge in [-0.05, 0) is 22.7 Å². The molecule has 0 saturated heterocycles. The van der Waals surface area contributed by atoms with Crippen molar-refractivity contribution in [3.63, 3.8) is 0 Å². The Balaban J connectivity index is 2.97. The summed E-state index contributed by atoms with van der Waals surface area (Å²) in [5, 5.41) is 0. The van der Waals surface area contributed by atoms with Crippen LogP contribution < -0.4 is 4.43 Å². The highest BCUT2D eigenvalue weighted by Crippen LogP contribution is 2.43. The Kier molecular flexibility index (Phi) is 6.97. The molecule has 0 bridgehead atoms. The van der Waals surface area contributed by atoms with Gasteiger partial charge in [0.25, 0.3) is 14.3 Å². The number of rotatable bonds is 9. The van der Waals surface area contributed by atoms with Gasteiger partial charge in [0.15, 0.2) is 0 Å². The average molecular weight is 314 g/mol. The summed E-state index contributed by atoms with van der Waals surface area (Å²) in [6.07, 6.45) is 1.67. The van der Waals surface area contributed by atoms with E-state index < -0.39 is 8.32 Å². The Morgan fingerprint density at radius 3 is 2.10 bits per heavy atom. The molecule has 21 heavy (non-hydrogen) atoms. The fourth-order valence-electron chi connectivity index (χ4n) is 3.27. The fraction of sp³-hybridized carbons (Fsp3) is 0.750. The minimum Gasteiger partial charge on any atom is -0.518 e. The maximum Gasteiger partial charge on any atom is 0.276 e. The fourth-order valence-corrected chi connectivity index (χ4v) is 8.47. The second-order valence-corrected chi connectivity index (χ2v) is 11.8. The van der Waals surface area contributed by atoms with Crippen LogP contribution in [0.2, 0.25) is 16.6 Å². The van der Waals surface area contributed by atoms with Crippen molar-refractivity contribution in [2.45, 2.75) is 64.8 Å². The van der Waals surface area contributed by atoms with E-state index in [0.717, 1.165) is 5.56 Å². The molecular formula is C16H30O4Si. The summed E-state index contributed by atoms with van der Waals surface area (Å²) in [5.41, 5.74) is 2.48. The molecule has 122 valence electrons. The Morgan fingerprint density at radius 2 is 1.62 bits per heavy atom. The average Bonchev–Trinajstić information content (AvgIpc) is 2.82. The molecule has 0 aliphatic rings. The molecule has 5 heteroatoms. The molecule has 4 nitrogen and oxygen atoms in total. The third-order valence-corrected chi connectivity index (χ3v) is 10.1. The lowest BCUT2D eigenvalue weighted by Crippen LogP contribution is -2.50. The van der Waals surface area contributed by atoms with E-state index in [9.17, 15) is 0 Å². The summed E-state index contributed by atoms with van der Waals surface area (Å²) in [5.74, 6) is 0.619. The van der Waals surface area contributed by atoms with Crippen molar-refractivity contribution in [1.82, 2.24) is 0 Å². The van der Waals surface area contributed by atoms with Crippen LogP contribution in [0.15, 0.2) is 16.7 Å². The molecule has 1 aromatic rings. The number of methoxy groups -OCH3 is 1. The maximum absolute atomic E-state index is 6.54. The first kappa shape index (κ1) is 18.3. The standard InChI is InChI=1S/C16H30O4Si/c1-12(2)21(13(3)4,14(5)6)20-16-15(8-9-19-16)10-18-11-17-7/h8-9,12-14H,10-11H2,1-7H3. The van der Waals surface area contributed by atoms with E-state index >= 15 is 0 Å². The summed E-state index contributed by atoms with van der Waals surface area (Å²) in [6, 6.07) is 1.91. The molecule has 0 saturated carbocycles. The molecule has 1 rings (SSSR count). The quantitative estimate of drug-likeness (QED) is 0.367. The summed E-state index contributed by atoms with van der Waals surface area (Å²) in [6.45, 7) is 14.3. The van der Waals surface area contributed by atoms with Gasteiger partial charge in [0.1, 0.15) is 6.79 Å². The van der Waals surface area contributed by atoms with Gasteiger partial charge < -0.3 is 18.3 Å². The highest BCUT2D eigenvalue weighted by Gasteiger charge is 2.47. The van der Waals surface area contributed by atoms with Crippen molar-refractivity contribution in [3.8, 4) is 5.95 Å². The van der Waals surface area contributed by atoms with E-state index in [1.165, 1.54) is 0 Å². The van der Waals surface area contributed by atoms with Gasteiger partial charge in [0.2, 0.25) is 0 Å². The molecule has 0 radical (unpaired) electrons. The topological polar surface area (TPSA) is 40.8 Å². The number of hydrogen-bond donors (Lipinski definition) is 0. The van der Waals surface area contributed by atoms with E-state index in [0.29, 0.717) is 29.2 Å². The van der Waals surface area contributed by atoms with Crippen LogP contribution in [0, 0.1) is 0 Å². The minimum atomic E-state index is -1.99. The predicted octanol–water partition coefficient (Wildman–Crippen LogP) is 4.95. The van der Waals surface area contributed by atoms with E-state index in [4.69, 9.17) is 18.3 Å². The lowest BCUT2D eigenvalue weighted by atomic mass is 10.3. The van der Waals surface area contributed by atoms with Crippen LogP contribution in [0.5, 0.6) is 5.95 Å². The van der Waals surface area contributed by atoms with Gasteiger partial charge in [-0.15, -0.1) is 0 Å². The Labute approximate surface area is 129 Å². The normalized spacial score (nSPS) is 12.7. The van der Waals surface area contributed by atoms with Crippen molar-refractivity contribution in [2.75, 3.05) is 13.9 Å². The maximum atomic E-state index is 6.54. The van der Waals surface area contributed by atoms with Crippen LogP contribution in [0.3, 0.4) is 0 Å². The zero-order valence-corrected chi connectivity index (χ0v) is 15.4. The van der Waals surface area contributed by atoms with Crippen LogP contribution in [0.4, 0.5) is 0 Å². The monoisotopic (exact) mass is 314 g/mol. The van der Waals surface area contributed by atoms with Gasteiger partial charge in [0.05, 0.1) is 18.4 Å². The van der Waals surface area contributed by atoms with Crippen molar-refractivity contribution >= 4 is 8.32 Å². The molecule has 0 atom stereocenters. The molecule has 0 fully saturated rings. The zero-order valence-electron chi connectivity index (χ0n) is 14.4. The molecule has 0 N–H and O–H groups in total. The number of ether oxygens (including phenoxy) is 2. The Bertz CT molecular complexity index is 390. The molecule has 1 aromatic heterocycles. The smallest absolute Gasteiger partial charge is 0.276 e. The largest absolute Gasteiger partial charge is 0.518 e. The first-order valence-electron chi connectivity index (χ1n) is 7.68. The van der Waals surface area contributed by atoms with Crippen LogP contribution in [-0.4, -0.2) is 22.2 Å². The minimum absolute atomic E-state index is 0.270. The molecule has 1 heterocycles. The second-order valence-electron chi connectivity index (χ2n) is 6.41. The molecule has 0 aromatic carbocycles. The number of furan rings is 1. The van der Waals surface area contributed by atoms with Crippen LogP contribution in [-0.2, 0) is 16.1 Å². The molecule has 0 unspecified atom stereocenters. The summed E-state index contributed by atoms with van der Waals surface area (Å²) < 4.78 is 22.5. The predicted molar refractivity (Wildman–Crippen MR) is 87.0 cm³/mol. The van der Waals surface area contributed by atoms with Crippen LogP contribution in [0.25, 0.3) is 0 Å². The highest BCUT2D eigenvalue weighted by molar-refractivity contribution is 6.78. The third-order valence-electron chi connectivity index (χ3n) is 4.14. The first-order valence-corrected chi connectivity index (χ1v) is 9.82. The van der Waals surface area contributed by atoms with Crippen LogP contribution in [0.1, 0.15) is 47.1 Å². The van der Waals surface area contributed by atoms with Crippen molar-refractivity contribution in [1.29, 1.82) is 0 Å². The van der Waals surface area contributed by atoms with Crippen molar-refractivity contribution in [3.05, 3.63) is 17.9 Å². The Morgan fingerprint density at radius 1 is 1.05 bits per heavy atom. The van der Waals surface area contributed by atoms with Crippen molar-refractivity contribution in [2.24, 2.45) is 0 Å². The van der Waals surface area contributed by atoms with E-state index in [1.54, 1.807) is 13.4 Å². The summed E-state index contributed by atoms with van der Waals surface area (Å²) in [7, 11) is -0.380. The molecule has 0 aliphatic carbocycles. The number of hydrogen-bond acceptors (Lipinski definition) is 4. The first-order chi connectivity index (χ1) is 9.86. The summed E-state index contributed by atoms with van der Waals surface area (Å²) >= 11 is 0. The van der Waals surface area contributed by atoms with Gasteiger partial charge in [0, 0.05) is 7.11 Å². The van der Waals surface area contributed by atoms with Gasteiger partial charge >= 0.3 is 0 Å². The molecule has 0 spiro atoms. The van der Waals surface area contributed by atoms with E-state index in [-0.39, 0.29) is 6.79 Å². The van der Waals surface area contributed by atoms with Gasteiger partial charge in [-0.3, -0.25) is 0 Å². The lowest BCUT2D eigenvalue weighted by Gasteiger charge is -2.41. The molecule has 0 aliphatic heterocycles. The van der Waals surface area contributed by atoms with Crippen LogP contribution >= 0.6 is 0 Å². The van der Waals surface area contributed by atoms with Gasteiger partial charge in [-0.1, -0.05) is 41.5 Å². The van der Waals surface area contributed by atoms with E-state index in [1.807, 2.05) is 6.07 Å². The second kappa shape index (κ2) is 8.01. The Hall–Kier alpha value is -0.783. The molecule has 0 amide bonds. The van der Waals surface area contributed by atoms with Gasteiger partial charge in [-0.2, -0.15) is 0 Å². The summed E-state index contributed by atoms with van der Waals surface area (Å²) in [4.78, 5) is 0. The molecular weight excluding hydrogens is 284 g/mol. The van der Waals surface area contributed by atoms with Gasteiger partial charge in [-0.25, -0.2) is 0 Å². The highest BCUT2D eigenvalue weighted by atomic mass is 28.4. The lowest BCUT2D eigenvalue weighted by molar-refractivity contribution is -0.0396.